The monoisotopic (exact) mass is 217 g/mol. The third-order valence-corrected chi connectivity index (χ3v) is 3.81. The van der Waals surface area contributed by atoms with E-state index in [4.69, 9.17) is 5.73 Å². The second-order valence-corrected chi connectivity index (χ2v) is 5.22. The fourth-order valence-electron chi connectivity index (χ4n) is 2.46. The van der Waals surface area contributed by atoms with Crippen molar-refractivity contribution in [3.05, 3.63) is 35.4 Å². The molecule has 0 amide bonds. The predicted octanol–water partition coefficient (Wildman–Crippen LogP) is 3.69. The van der Waals surface area contributed by atoms with E-state index in [2.05, 4.69) is 38.1 Å². The van der Waals surface area contributed by atoms with E-state index in [1.807, 2.05) is 0 Å². The van der Waals surface area contributed by atoms with Gasteiger partial charge >= 0.3 is 0 Å². The summed E-state index contributed by atoms with van der Waals surface area (Å²) in [6.07, 6.45) is 5.13. The van der Waals surface area contributed by atoms with Gasteiger partial charge in [0.25, 0.3) is 0 Å². The van der Waals surface area contributed by atoms with Crippen LogP contribution in [0.3, 0.4) is 0 Å². The lowest BCUT2D eigenvalue weighted by Gasteiger charge is -2.20. The van der Waals surface area contributed by atoms with Gasteiger partial charge in [0, 0.05) is 6.04 Å². The molecule has 1 saturated carbocycles. The molecule has 1 aromatic rings. The molecule has 1 aromatic carbocycles. The van der Waals surface area contributed by atoms with E-state index >= 15 is 0 Å². The van der Waals surface area contributed by atoms with Crippen molar-refractivity contribution in [1.82, 2.24) is 0 Å². The Hall–Kier alpha value is -0.820. The average Bonchev–Trinajstić information content (AvgIpc) is 3.12. The van der Waals surface area contributed by atoms with Gasteiger partial charge in [0.2, 0.25) is 0 Å². The van der Waals surface area contributed by atoms with Crippen LogP contribution >= 0.6 is 0 Å². The van der Waals surface area contributed by atoms with Gasteiger partial charge in [0.1, 0.15) is 0 Å². The molecular formula is C15H23N. The van der Waals surface area contributed by atoms with Gasteiger partial charge in [-0.1, -0.05) is 44.5 Å². The van der Waals surface area contributed by atoms with Gasteiger partial charge in [-0.25, -0.2) is 0 Å². The predicted molar refractivity (Wildman–Crippen MR) is 69.3 cm³/mol. The minimum Gasteiger partial charge on any atom is -0.324 e. The maximum absolute atomic E-state index is 6.34. The Morgan fingerprint density at radius 3 is 2.75 bits per heavy atom. The highest BCUT2D eigenvalue weighted by Gasteiger charge is 2.32. The van der Waals surface area contributed by atoms with Gasteiger partial charge in [0.15, 0.2) is 0 Å². The molecule has 0 aromatic heterocycles. The van der Waals surface area contributed by atoms with Crippen molar-refractivity contribution >= 4 is 0 Å². The number of nitrogens with two attached hydrogens (primary N) is 1. The molecule has 1 aliphatic carbocycles. The van der Waals surface area contributed by atoms with Crippen LogP contribution < -0.4 is 5.73 Å². The first-order valence-electron chi connectivity index (χ1n) is 6.56. The second-order valence-electron chi connectivity index (χ2n) is 5.22. The molecule has 88 valence electrons. The zero-order chi connectivity index (χ0) is 11.5. The van der Waals surface area contributed by atoms with Crippen LogP contribution in [-0.4, -0.2) is 0 Å². The van der Waals surface area contributed by atoms with Crippen LogP contribution in [0.15, 0.2) is 24.3 Å². The zero-order valence-electron chi connectivity index (χ0n) is 10.4. The highest BCUT2D eigenvalue weighted by atomic mass is 14.7. The zero-order valence-corrected chi connectivity index (χ0v) is 10.4. The van der Waals surface area contributed by atoms with Crippen molar-refractivity contribution in [1.29, 1.82) is 0 Å². The van der Waals surface area contributed by atoms with E-state index in [0.29, 0.717) is 5.92 Å². The maximum Gasteiger partial charge on any atom is 0.0323 e. The highest BCUT2D eigenvalue weighted by molar-refractivity contribution is 5.26. The third kappa shape index (κ3) is 2.65. The Labute approximate surface area is 99.0 Å². The lowest BCUT2D eigenvalue weighted by molar-refractivity contribution is 0.417. The summed E-state index contributed by atoms with van der Waals surface area (Å²) in [4.78, 5) is 0. The van der Waals surface area contributed by atoms with E-state index in [0.717, 1.165) is 5.92 Å². The Morgan fingerprint density at radius 2 is 2.12 bits per heavy atom. The van der Waals surface area contributed by atoms with E-state index in [-0.39, 0.29) is 6.04 Å². The van der Waals surface area contributed by atoms with Gasteiger partial charge in [-0.3, -0.25) is 0 Å². The van der Waals surface area contributed by atoms with Crippen molar-refractivity contribution in [3.63, 3.8) is 0 Å². The number of aryl methyl sites for hydroxylation is 1. The minimum absolute atomic E-state index is 0.226. The Balaban J connectivity index is 2.09. The van der Waals surface area contributed by atoms with Gasteiger partial charge in [0.05, 0.1) is 0 Å². The Kier molecular flexibility index (Phi) is 3.65. The smallest absolute Gasteiger partial charge is 0.0323 e. The quantitative estimate of drug-likeness (QED) is 0.800. The summed E-state index contributed by atoms with van der Waals surface area (Å²) in [5.41, 5.74) is 9.10. The van der Waals surface area contributed by atoms with Crippen molar-refractivity contribution in [2.75, 3.05) is 0 Å². The minimum atomic E-state index is 0.226. The molecular weight excluding hydrogens is 194 g/mol. The topological polar surface area (TPSA) is 26.0 Å². The summed E-state index contributed by atoms with van der Waals surface area (Å²) >= 11 is 0. The molecule has 2 rings (SSSR count). The lowest BCUT2D eigenvalue weighted by Crippen LogP contribution is -2.20. The number of hydrogen-bond acceptors (Lipinski definition) is 1. The summed E-state index contributed by atoms with van der Waals surface area (Å²) in [6, 6.07) is 9.07. The van der Waals surface area contributed by atoms with Crippen molar-refractivity contribution in [2.45, 2.75) is 45.6 Å². The SMILES string of the molecule is CCCc1cccc(C(N)C(C)C2CC2)c1. The summed E-state index contributed by atoms with van der Waals surface area (Å²) in [5, 5.41) is 0. The first-order chi connectivity index (χ1) is 7.72. The molecule has 1 fully saturated rings. The molecule has 2 N–H and O–H groups in total. The van der Waals surface area contributed by atoms with Crippen LogP contribution in [0.5, 0.6) is 0 Å². The molecule has 0 spiro atoms. The van der Waals surface area contributed by atoms with Gasteiger partial charge in [-0.15, -0.1) is 0 Å². The lowest BCUT2D eigenvalue weighted by atomic mass is 9.90. The third-order valence-electron chi connectivity index (χ3n) is 3.81. The largest absolute Gasteiger partial charge is 0.324 e. The van der Waals surface area contributed by atoms with Crippen LogP contribution in [-0.2, 0) is 6.42 Å². The van der Waals surface area contributed by atoms with E-state index in [1.165, 1.54) is 36.8 Å². The van der Waals surface area contributed by atoms with Crippen LogP contribution in [0.4, 0.5) is 0 Å². The summed E-state index contributed by atoms with van der Waals surface area (Å²) in [6.45, 7) is 4.52. The molecule has 0 radical (unpaired) electrons. The van der Waals surface area contributed by atoms with Crippen molar-refractivity contribution in [2.24, 2.45) is 17.6 Å². The first-order valence-corrected chi connectivity index (χ1v) is 6.56. The molecule has 1 heteroatoms. The average molecular weight is 217 g/mol. The normalized spacial score (nSPS) is 19.4. The summed E-state index contributed by atoms with van der Waals surface area (Å²) in [5.74, 6) is 1.52. The fraction of sp³-hybridized carbons (Fsp3) is 0.600. The van der Waals surface area contributed by atoms with Crippen molar-refractivity contribution < 1.29 is 0 Å². The van der Waals surface area contributed by atoms with Crippen LogP contribution in [0, 0.1) is 11.8 Å². The number of benzene rings is 1. The molecule has 0 bridgehead atoms. The van der Waals surface area contributed by atoms with Gasteiger partial charge in [-0.05, 0) is 42.2 Å². The summed E-state index contributed by atoms with van der Waals surface area (Å²) in [7, 11) is 0. The number of hydrogen-bond donors (Lipinski definition) is 1. The van der Waals surface area contributed by atoms with Crippen LogP contribution in [0.25, 0.3) is 0 Å². The second kappa shape index (κ2) is 5.01. The molecule has 0 heterocycles. The van der Waals surface area contributed by atoms with Crippen LogP contribution in [0.1, 0.15) is 50.3 Å². The van der Waals surface area contributed by atoms with E-state index < -0.39 is 0 Å². The number of rotatable bonds is 5. The Bertz CT molecular complexity index is 341. The highest BCUT2D eigenvalue weighted by Crippen LogP contribution is 2.41. The molecule has 0 saturated heterocycles. The van der Waals surface area contributed by atoms with E-state index in [1.54, 1.807) is 0 Å². The van der Waals surface area contributed by atoms with Gasteiger partial charge in [-0.2, -0.15) is 0 Å². The first kappa shape index (κ1) is 11.7. The standard InChI is InChI=1S/C15H23N/c1-3-5-12-6-4-7-14(10-12)15(16)11(2)13-8-9-13/h4,6-7,10-11,13,15H,3,5,8-9,16H2,1-2H3. The molecule has 2 unspecified atom stereocenters. The van der Waals surface area contributed by atoms with Gasteiger partial charge < -0.3 is 5.73 Å². The molecule has 1 nitrogen and oxygen atoms in total. The fourth-order valence-corrected chi connectivity index (χ4v) is 2.46. The van der Waals surface area contributed by atoms with E-state index in [9.17, 15) is 0 Å². The maximum atomic E-state index is 6.34. The Morgan fingerprint density at radius 1 is 1.38 bits per heavy atom. The summed E-state index contributed by atoms with van der Waals surface area (Å²) < 4.78 is 0. The molecule has 16 heavy (non-hydrogen) atoms. The molecule has 1 aliphatic rings. The molecule has 0 aliphatic heterocycles. The molecule has 2 atom stereocenters. The van der Waals surface area contributed by atoms with Crippen molar-refractivity contribution in [3.8, 4) is 0 Å². The van der Waals surface area contributed by atoms with Crippen LogP contribution in [0.2, 0.25) is 0 Å².